The number of hydrogen-bond acceptors (Lipinski definition) is 3. The molecule has 0 unspecified atom stereocenters. The van der Waals surface area contributed by atoms with Gasteiger partial charge in [0.2, 0.25) is 0 Å². The summed E-state index contributed by atoms with van der Waals surface area (Å²) in [5, 5.41) is 0.318. The van der Waals surface area contributed by atoms with Gasteiger partial charge in [0.15, 0.2) is 0 Å². The van der Waals surface area contributed by atoms with Gasteiger partial charge >= 0.3 is 0 Å². The summed E-state index contributed by atoms with van der Waals surface area (Å²) in [5.74, 6) is 0. The molecule has 0 heterocycles. The molecule has 0 aliphatic carbocycles. The van der Waals surface area contributed by atoms with Crippen LogP contribution in [0.3, 0.4) is 0 Å². The van der Waals surface area contributed by atoms with Crippen LogP contribution >= 0.6 is 43.5 Å². The maximum Gasteiger partial charge on any atom is 0.264 e. The molecule has 8 heteroatoms. The van der Waals surface area contributed by atoms with Crippen LogP contribution in [0.25, 0.3) is 0 Å². The average molecular weight is 441 g/mol. The van der Waals surface area contributed by atoms with Crippen LogP contribution in [0.2, 0.25) is 5.02 Å². The fraction of sp³-hybridized carbons (Fsp3) is 0. The van der Waals surface area contributed by atoms with Crippen molar-refractivity contribution in [2.75, 3.05) is 10.5 Å². The van der Waals surface area contributed by atoms with Gasteiger partial charge in [0.1, 0.15) is 4.90 Å². The van der Waals surface area contributed by atoms with Crippen LogP contribution in [0.1, 0.15) is 0 Å². The molecule has 0 bridgehead atoms. The second kappa shape index (κ2) is 5.93. The first kappa shape index (κ1) is 15.6. The normalized spacial score (nSPS) is 11.3. The van der Waals surface area contributed by atoms with Crippen molar-refractivity contribution >= 4 is 64.9 Å². The minimum Gasteiger partial charge on any atom is -0.399 e. The lowest BCUT2D eigenvalue weighted by Gasteiger charge is -2.13. The molecule has 2 aromatic rings. The van der Waals surface area contributed by atoms with Crippen molar-refractivity contribution in [3.8, 4) is 0 Å². The van der Waals surface area contributed by atoms with Gasteiger partial charge < -0.3 is 5.73 Å². The number of nitrogens with two attached hydrogens (primary N) is 1. The van der Waals surface area contributed by atoms with Crippen LogP contribution in [-0.4, -0.2) is 8.42 Å². The van der Waals surface area contributed by atoms with Crippen LogP contribution < -0.4 is 10.5 Å². The number of sulfonamides is 1. The Morgan fingerprint density at radius 1 is 1.10 bits per heavy atom. The number of nitrogens with one attached hydrogen (secondary N) is 1. The highest BCUT2D eigenvalue weighted by molar-refractivity contribution is 9.11. The van der Waals surface area contributed by atoms with Crippen LogP contribution in [0, 0.1) is 0 Å². The highest BCUT2D eigenvalue weighted by Crippen LogP contribution is 2.34. The van der Waals surface area contributed by atoms with Gasteiger partial charge in [0, 0.05) is 14.6 Å². The molecule has 0 aliphatic rings. The van der Waals surface area contributed by atoms with Gasteiger partial charge in [-0.05, 0) is 56.1 Å². The Hall–Kier alpha value is -0.760. The van der Waals surface area contributed by atoms with E-state index in [2.05, 4.69) is 36.6 Å². The van der Waals surface area contributed by atoms with Crippen molar-refractivity contribution in [1.82, 2.24) is 0 Å². The SMILES string of the molecule is Nc1cc(Br)c(S(=O)(=O)Nc2ccccc2Cl)c(Br)c1. The highest BCUT2D eigenvalue weighted by Gasteiger charge is 2.22. The molecule has 0 saturated heterocycles. The zero-order chi connectivity index (χ0) is 14.9. The largest absolute Gasteiger partial charge is 0.399 e. The molecule has 0 radical (unpaired) electrons. The zero-order valence-corrected chi connectivity index (χ0v) is 14.6. The quantitative estimate of drug-likeness (QED) is 0.701. The molecule has 0 aliphatic heterocycles. The first-order valence-electron chi connectivity index (χ1n) is 5.33. The van der Waals surface area contributed by atoms with E-state index in [1.807, 2.05) is 0 Å². The Balaban J connectivity index is 2.50. The van der Waals surface area contributed by atoms with E-state index in [9.17, 15) is 8.42 Å². The highest BCUT2D eigenvalue weighted by atomic mass is 79.9. The summed E-state index contributed by atoms with van der Waals surface area (Å²) in [7, 11) is -3.80. The Morgan fingerprint density at radius 3 is 2.20 bits per heavy atom. The summed E-state index contributed by atoms with van der Waals surface area (Å²) in [5.41, 5.74) is 6.41. The molecule has 0 aromatic heterocycles. The number of anilines is 2. The van der Waals surface area contributed by atoms with Crippen molar-refractivity contribution < 1.29 is 8.42 Å². The average Bonchev–Trinajstić information content (AvgIpc) is 2.30. The van der Waals surface area contributed by atoms with E-state index in [0.29, 0.717) is 25.3 Å². The topological polar surface area (TPSA) is 72.2 Å². The molecule has 20 heavy (non-hydrogen) atoms. The summed E-state index contributed by atoms with van der Waals surface area (Å²) in [6.45, 7) is 0. The van der Waals surface area contributed by atoms with E-state index < -0.39 is 10.0 Å². The Kier molecular flexibility index (Phi) is 4.63. The lowest BCUT2D eigenvalue weighted by atomic mass is 10.3. The summed E-state index contributed by atoms with van der Waals surface area (Å²) in [6.07, 6.45) is 0. The maximum atomic E-state index is 12.4. The second-order valence-corrected chi connectivity index (χ2v) is 7.63. The van der Waals surface area contributed by atoms with E-state index in [1.54, 1.807) is 24.3 Å². The molecular formula is C12H9Br2ClN2O2S. The summed E-state index contributed by atoms with van der Waals surface area (Å²) < 4.78 is 28.0. The number of halogens is 3. The summed E-state index contributed by atoms with van der Waals surface area (Å²) in [4.78, 5) is 0.0617. The zero-order valence-electron chi connectivity index (χ0n) is 9.90. The third kappa shape index (κ3) is 3.28. The minimum absolute atomic E-state index is 0.0617. The molecule has 0 atom stereocenters. The predicted octanol–water partition coefficient (Wildman–Crippen LogP) is 4.25. The Morgan fingerprint density at radius 2 is 1.65 bits per heavy atom. The molecule has 2 aromatic carbocycles. The Bertz CT molecular complexity index is 743. The summed E-state index contributed by atoms with van der Waals surface area (Å²) >= 11 is 12.4. The first-order chi connectivity index (χ1) is 9.31. The monoisotopic (exact) mass is 438 g/mol. The maximum absolute atomic E-state index is 12.4. The van der Waals surface area contributed by atoms with Crippen LogP contribution in [-0.2, 0) is 10.0 Å². The fourth-order valence-electron chi connectivity index (χ4n) is 1.58. The van der Waals surface area contributed by atoms with Gasteiger partial charge in [-0.15, -0.1) is 0 Å². The van der Waals surface area contributed by atoms with Crippen molar-refractivity contribution in [3.05, 3.63) is 50.4 Å². The number of rotatable bonds is 3. The lowest BCUT2D eigenvalue weighted by Crippen LogP contribution is -2.14. The van der Waals surface area contributed by atoms with Gasteiger partial charge in [0.05, 0.1) is 10.7 Å². The van der Waals surface area contributed by atoms with E-state index in [-0.39, 0.29) is 4.90 Å². The standard InChI is InChI=1S/C12H9Br2ClN2O2S/c13-8-5-7(16)6-9(14)12(8)20(18,19)17-11-4-2-1-3-10(11)15/h1-6,17H,16H2. The number of hydrogen-bond donors (Lipinski definition) is 2. The molecule has 4 nitrogen and oxygen atoms in total. The van der Waals surface area contributed by atoms with Crippen molar-refractivity contribution in [3.63, 3.8) is 0 Å². The summed E-state index contributed by atoms with van der Waals surface area (Å²) in [6, 6.07) is 9.63. The molecule has 0 saturated carbocycles. The van der Waals surface area contributed by atoms with Crippen LogP contribution in [0.15, 0.2) is 50.2 Å². The molecule has 0 amide bonds. The van der Waals surface area contributed by atoms with Gasteiger partial charge in [-0.25, -0.2) is 8.42 Å². The van der Waals surface area contributed by atoms with Gasteiger partial charge in [0.25, 0.3) is 10.0 Å². The number of nitrogen functional groups attached to an aromatic ring is 1. The third-order valence-electron chi connectivity index (χ3n) is 2.41. The van der Waals surface area contributed by atoms with Gasteiger partial charge in [-0.3, -0.25) is 4.72 Å². The predicted molar refractivity (Wildman–Crippen MR) is 88.5 cm³/mol. The number of benzene rings is 2. The van der Waals surface area contributed by atoms with E-state index in [4.69, 9.17) is 17.3 Å². The lowest BCUT2D eigenvalue weighted by molar-refractivity contribution is 0.600. The van der Waals surface area contributed by atoms with Crippen LogP contribution in [0.5, 0.6) is 0 Å². The first-order valence-corrected chi connectivity index (χ1v) is 8.78. The molecule has 0 spiro atoms. The Labute approximate surface area is 138 Å². The molecule has 2 rings (SSSR count). The van der Waals surface area contributed by atoms with E-state index >= 15 is 0 Å². The third-order valence-corrected chi connectivity index (χ3v) is 5.98. The minimum atomic E-state index is -3.80. The molecular weight excluding hydrogens is 431 g/mol. The van der Waals surface area contributed by atoms with Crippen molar-refractivity contribution in [2.24, 2.45) is 0 Å². The fourth-order valence-corrected chi connectivity index (χ4v) is 5.52. The van der Waals surface area contributed by atoms with Crippen LogP contribution in [0.4, 0.5) is 11.4 Å². The van der Waals surface area contributed by atoms with E-state index in [1.165, 1.54) is 12.1 Å². The molecule has 0 fully saturated rings. The van der Waals surface area contributed by atoms with Gasteiger partial charge in [-0.2, -0.15) is 0 Å². The molecule has 106 valence electrons. The van der Waals surface area contributed by atoms with Crippen molar-refractivity contribution in [2.45, 2.75) is 4.90 Å². The van der Waals surface area contributed by atoms with Gasteiger partial charge in [-0.1, -0.05) is 23.7 Å². The second-order valence-electron chi connectivity index (χ2n) is 3.90. The van der Waals surface area contributed by atoms with Crippen molar-refractivity contribution in [1.29, 1.82) is 0 Å². The number of para-hydroxylation sites is 1. The van der Waals surface area contributed by atoms with E-state index in [0.717, 1.165) is 0 Å². The smallest absolute Gasteiger partial charge is 0.264 e. The molecule has 3 N–H and O–H groups in total.